The third-order valence-electron chi connectivity index (χ3n) is 3.71. The summed E-state index contributed by atoms with van der Waals surface area (Å²) in [5.74, 6) is 0.668. The lowest BCUT2D eigenvalue weighted by molar-refractivity contribution is 0.193. The molecule has 4 nitrogen and oxygen atoms in total. The van der Waals surface area contributed by atoms with Crippen LogP contribution in [0.1, 0.15) is 25.7 Å². The molecule has 1 saturated heterocycles. The third kappa shape index (κ3) is 1.38. The summed E-state index contributed by atoms with van der Waals surface area (Å²) in [6.07, 6.45) is 2.74. The molecular formula is C9H18N2O2S. The predicted molar refractivity (Wildman–Crippen MR) is 55.5 cm³/mol. The molecule has 1 heterocycles. The van der Waals surface area contributed by atoms with E-state index in [4.69, 9.17) is 11.5 Å². The summed E-state index contributed by atoms with van der Waals surface area (Å²) < 4.78 is 23.3. The molecule has 2 aliphatic rings. The van der Waals surface area contributed by atoms with E-state index in [9.17, 15) is 8.42 Å². The van der Waals surface area contributed by atoms with E-state index in [0.717, 1.165) is 12.8 Å². The Kier molecular flexibility index (Phi) is 2.36. The maximum absolute atomic E-state index is 11.9. The van der Waals surface area contributed by atoms with E-state index < -0.39 is 14.6 Å². The zero-order valence-electron chi connectivity index (χ0n) is 8.28. The van der Waals surface area contributed by atoms with E-state index in [0.29, 0.717) is 25.3 Å². The molecule has 1 aliphatic carbocycles. The molecule has 0 bridgehead atoms. The molecule has 0 aromatic rings. The van der Waals surface area contributed by atoms with Crippen molar-refractivity contribution in [3.05, 3.63) is 0 Å². The smallest absolute Gasteiger partial charge is 0.156 e. The first-order valence-corrected chi connectivity index (χ1v) is 6.82. The third-order valence-corrected chi connectivity index (χ3v) is 6.30. The minimum absolute atomic E-state index is 0.0669. The van der Waals surface area contributed by atoms with Gasteiger partial charge < -0.3 is 11.5 Å². The van der Waals surface area contributed by atoms with Gasteiger partial charge in [-0.15, -0.1) is 0 Å². The van der Waals surface area contributed by atoms with Crippen LogP contribution >= 0.6 is 0 Å². The lowest BCUT2D eigenvalue weighted by atomic mass is 9.70. The molecular weight excluding hydrogens is 200 g/mol. The first-order chi connectivity index (χ1) is 6.49. The monoisotopic (exact) mass is 218 g/mol. The molecule has 0 aromatic heterocycles. The first kappa shape index (κ1) is 10.4. The Morgan fingerprint density at radius 3 is 2.50 bits per heavy atom. The highest BCUT2D eigenvalue weighted by molar-refractivity contribution is 7.92. The van der Waals surface area contributed by atoms with Crippen LogP contribution in [0.5, 0.6) is 0 Å². The summed E-state index contributed by atoms with van der Waals surface area (Å²) in [5, 5.41) is 0. The molecule has 1 spiro atoms. The van der Waals surface area contributed by atoms with Crippen molar-refractivity contribution in [1.82, 2.24) is 0 Å². The second kappa shape index (κ2) is 3.18. The highest BCUT2D eigenvalue weighted by atomic mass is 32.2. The number of hydrogen-bond donors (Lipinski definition) is 2. The van der Waals surface area contributed by atoms with Gasteiger partial charge in [0, 0.05) is 6.04 Å². The number of rotatable bonds is 1. The van der Waals surface area contributed by atoms with E-state index in [1.165, 1.54) is 0 Å². The van der Waals surface area contributed by atoms with Crippen LogP contribution in [-0.4, -0.2) is 31.5 Å². The Morgan fingerprint density at radius 2 is 1.93 bits per heavy atom. The van der Waals surface area contributed by atoms with Crippen LogP contribution in [0.15, 0.2) is 0 Å². The van der Waals surface area contributed by atoms with Gasteiger partial charge in [0.1, 0.15) is 0 Å². The maximum Gasteiger partial charge on any atom is 0.156 e. The van der Waals surface area contributed by atoms with Crippen LogP contribution in [0.25, 0.3) is 0 Å². The number of hydrogen-bond acceptors (Lipinski definition) is 4. The summed E-state index contributed by atoms with van der Waals surface area (Å²) in [7, 11) is -2.90. The van der Waals surface area contributed by atoms with Crippen molar-refractivity contribution in [1.29, 1.82) is 0 Å². The quantitative estimate of drug-likeness (QED) is 0.628. The van der Waals surface area contributed by atoms with Crippen molar-refractivity contribution in [2.75, 3.05) is 12.3 Å². The van der Waals surface area contributed by atoms with Gasteiger partial charge in [-0.1, -0.05) is 0 Å². The van der Waals surface area contributed by atoms with E-state index >= 15 is 0 Å². The first-order valence-electron chi connectivity index (χ1n) is 5.17. The van der Waals surface area contributed by atoms with Crippen molar-refractivity contribution < 1.29 is 8.42 Å². The maximum atomic E-state index is 11.9. The second-order valence-electron chi connectivity index (χ2n) is 4.76. The number of sulfone groups is 1. The van der Waals surface area contributed by atoms with Crippen molar-refractivity contribution in [3.8, 4) is 0 Å². The van der Waals surface area contributed by atoms with Crippen LogP contribution in [-0.2, 0) is 9.84 Å². The predicted octanol–water partition coefficient (Wildman–Crippen LogP) is -0.370. The van der Waals surface area contributed by atoms with Crippen LogP contribution in [0.2, 0.25) is 0 Å². The van der Waals surface area contributed by atoms with Crippen LogP contribution < -0.4 is 11.5 Å². The Bertz CT molecular complexity index is 320. The molecule has 0 aromatic carbocycles. The average Bonchev–Trinajstić information content (AvgIpc) is 2.05. The molecule has 14 heavy (non-hydrogen) atoms. The highest BCUT2D eigenvalue weighted by Crippen LogP contribution is 2.49. The fourth-order valence-electron chi connectivity index (χ4n) is 2.81. The highest BCUT2D eigenvalue weighted by Gasteiger charge is 2.55. The fourth-order valence-corrected chi connectivity index (χ4v) is 5.30. The summed E-state index contributed by atoms with van der Waals surface area (Å²) in [5.41, 5.74) is 11.4. The molecule has 0 radical (unpaired) electrons. The van der Waals surface area contributed by atoms with E-state index in [-0.39, 0.29) is 11.8 Å². The topological polar surface area (TPSA) is 86.2 Å². The van der Waals surface area contributed by atoms with Crippen molar-refractivity contribution >= 4 is 9.84 Å². The molecule has 1 saturated carbocycles. The van der Waals surface area contributed by atoms with E-state index in [2.05, 4.69) is 0 Å². The van der Waals surface area contributed by atoms with Crippen molar-refractivity contribution in [2.45, 2.75) is 36.5 Å². The Balaban J connectivity index is 2.16. The molecule has 1 aliphatic heterocycles. The minimum atomic E-state index is -2.90. The normalized spacial score (nSPS) is 46.1. The fraction of sp³-hybridized carbons (Fsp3) is 1.00. The lowest BCUT2D eigenvalue weighted by Crippen LogP contribution is -2.58. The molecule has 4 N–H and O–H groups in total. The zero-order chi connectivity index (χ0) is 10.4. The van der Waals surface area contributed by atoms with Gasteiger partial charge in [-0.25, -0.2) is 8.42 Å². The Morgan fingerprint density at radius 1 is 1.29 bits per heavy atom. The van der Waals surface area contributed by atoms with Gasteiger partial charge in [0.25, 0.3) is 0 Å². The summed E-state index contributed by atoms with van der Waals surface area (Å²) >= 11 is 0. The molecule has 5 heteroatoms. The average molecular weight is 218 g/mol. The van der Waals surface area contributed by atoms with E-state index in [1.807, 2.05) is 0 Å². The molecule has 2 rings (SSSR count). The van der Waals surface area contributed by atoms with Gasteiger partial charge in [0.15, 0.2) is 9.84 Å². The van der Waals surface area contributed by atoms with Gasteiger partial charge in [-0.2, -0.15) is 0 Å². The molecule has 1 unspecified atom stereocenters. The van der Waals surface area contributed by atoms with Crippen LogP contribution in [0, 0.1) is 5.92 Å². The number of nitrogens with two attached hydrogens (primary N) is 2. The van der Waals surface area contributed by atoms with E-state index in [1.54, 1.807) is 0 Å². The van der Waals surface area contributed by atoms with Gasteiger partial charge in [-0.3, -0.25) is 0 Å². The minimum Gasteiger partial charge on any atom is -0.330 e. The van der Waals surface area contributed by atoms with Gasteiger partial charge >= 0.3 is 0 Å². The summed E-state index contributed by atoms with van der Waals surface area (Å²) in [6, 6.07) is 0.0669. The molecule has 1 atom stereocenters. The van der Waals surface area contributed by atoms with Gasteiger partial charge in [-0.05, 0) is 38.1 Å². The zero-order valence-corrected chi connectivity index (χ0v) is 9.09. The van der Waals surface area contributed by atoms with Crippen LogP contribution in [0.4, 0.5) is 0 Å². The van der Waals surface area contributed by atoms with Gasteiger partial charge in [0.05, 0.1) is 10.5 Å². The standard InChI is InChI=1S/C9H18N2O2S/c10-6-7-3-9(4-7)5-8(11)1-2-14(9,12)13/h7-8H,1-6,10-11H2. The summed E-state index contributed by atoms with van der Waals surface area (Å²) in [6.45, 7) is 0.604. The molecule has 82 valence electrons. The summed E-state index contributed by atoms with van der Waals surface area (Å²) in [4.78, 5) is 0. The van der Waals surface area contributed by atoms with Crippen LogP contribution in [0.3, 0.4) is 0 Å². The SMILES string of the molecule is NCC1CC2(CC(N)CCS2(=O)=O)C1. The Labute approximate surface area is 85.0 Å². The van der Waals surface area contributed by atoms with Crippen molar-refractivity contribution in [2.24, 2.45) is 17.4 Å². The lowest BCUT2D eigenvalue weighted by Gasteiger charge is -2.50. The second-order valence-corrected chi connectivity index (χ2v) is 7.27. The van der Waals surface area contributed by atoms with Crippen molar-refractivity contribution in [3.63, 3.8) is 0 Å². The molecule has 0 amide bonds. The van der Waals surface area contributed by atoms with Gasteiger partial charge in [0.2, 0.25) is 0 Å². The largest absolute Gasteiger partial charge is 0.330 e. The Hall–Kier alpha value is -0.130. The molecule has 2 fully saturated rings.